The number of likely N-dealkylation sites (N-methyl/N-ethyl adjacent to an activating group) is 1. The van der Waals surface area contributed by atoms with E-state index in [1.807, 2.05) is 25.4 Å². The fraction of sp³-hybridized carbons (Fsp3) is 0.476. The van der Waals surface area contributed by atoms with Crippen LogP contribution in [-0.4, -0.2) is 47.4 Å². The molecule has 28 heavy (non-hydrogen) atoms. The van der Waals surface area contributed by atoms with Gasteiger partial charge in [0.05, 0.1) is 6.04 Å². The van der Waals surface area contributed by atoms with Crippen molar-refractivity contribution >= 4 is 17.7 Å². The first kappa shape index (κ1) is 17.3. The molecule has 0 aromatic heterocycles. The number of nitrogens with zero attached hydrogens (tertiary/aromatic N) is 1. The van der Waals surface area contributed by atoms with Crippen molar-refractivity contribution in [1.29, 1.82) is 0 Å². The molecule has 7 heteroatoms. The molecule has 2 aliphatic carbocycles. The Balaban J connectivity index is 1.84. The van der Waals surface area contributed by atoms with Gasteiger partial charge in [0.15, 0.2) is 29.0 Å². The van der Waals surface area contributed by atoms with E-state index in [2.05, 4.69) is 4.90 Å². The minimum atomic E-state index is -0.912. The van der Waals surface area contributed by atoms with E-state index in [1.54, 1.807) is 6.07 Å². The Morgan fingerprint density at radius 3 is 2.75 bits per heavy atom. The predicted octanol–water partition coefficient (Wildman–Crippen LogP) is 1.66. The minimum Gasteiger partial charge on any atom is -0.477 e. The Morgan fingerprint density at radius 1 is 1.25 bits per heavy atom. The van der Waals surface area contributed by atoms with Crippen LogP contribution in [0.1, 0.15) is 37.8 Å². The molecule has 7 nitrogen and oxygen atoms in total. The van der Waals surface area contributed by atoms with Crippen LogP contribution in [-0.2, 0) is 31.0 Å². The molecule has 4 aliphatic rings. The van der Waals surface area contributed by atoms with Crippen LogP contribution in [0.25, 0.3) is 0 Å². The van der Waals surface area contributed by atoms with E-state index >= 15 is 0 Å². The lowest BCUT2D eigenvalue weighted by atomic mass is 9.50. The Kier molecular flexibility index (Phi) is 3.31. The summed E-state index contributed by atoms with van der Waals surface area (Å²) in [7, 11) is 1.96. The Hall–Kier alpha value is -2.83. The van der Waals surface area contributed by atoms with Crippen molar-refractivity contribution in [1.82, 2.24) is 4.90 Å². The van der Waals surface area contributed by atoms with E-state index in [0.29, 0.717) is 24.3 Å². The van der Waals surface area contributed by atoms with Crippen molar-refractivity contribution in [3.63, 3.8) is 0 Å². The summed E-state index contributed by atoms with van der Waals surface area (Å²) in [4.78, 5) is 38.8. The Labute approximate surface area is 162 Å². The second kappa shape index (κ2) is 5.37. The molecule has 0 amide bonds. The van der Waals surface area contributed by atoms with Gasteiger partial charge in [0.25, 0.3) is 0 Å². The van der Waals surface area contributed by atoms with Crippen LogP contribution in [0.5, 0.6) is 11.5 Å². The van der Waals surface area contributed by atoms with Gasteiger partial charge >= 0.3 is 11.9 Å². The molecule has 2 bridgehead atoms. The zero-order valence-corrected chi connectivity index (χ0v) is 16.0. The van der Waals surface area contributed by atoms with Gasteiger partial charge in [-0.25, -0.2) is 0 Å². The van der Waals surface area contributed by atoms with Crippen LogP contribution in [0.3, 0.4) is 0 Å². The molecule has 1 saturated carbocycles. The number of hydrogen-bond donors (Lipinski definition) is 0. The quantitative estimate of drug-likeness (QED) is 0.567. The van der Waals surface area contributed by atoms with Gasteiger partial charge in [0, 0.05) is 32.9 Å². The standard InChI is InChI=1S/C21H21NO6/c1-11(23)26-15-5-4-13-10-16-21(28-12(2)24)7-6-14(25)19-20(21,8-9-22(16)3)17(13)18(15)27-19/h4-5,8-9,16,19H,6-7,10H2,1-3H3/t16-,19+,20+,21-/m1/s1. The monoisotopic (exact) mass is 383 g/mol. The lowest BCUT2D eigenvalue weighted by Gasteiger charge is -2.60. The molecule has 0 saturated heterocycles. The molecule has 1 aromatic carbocycles. The van der Waals surface area contributed by atoms with Crippen LogP contribution in [0.4, 0.5) is 0 Å². The fourth-order valence-electron chi connectivity index (χ4n) is 5.72. The minimum absolute atomic E-state index is 0.0337. The van der Waals surface area contributed by atoms with E-state index in [0.717, 1.165) is 11.1 Å². The molecule has 1 fully saturated rings. The van der Waals surface area contributed by atoms with Crippen molar-refractivity contribution in [3.05, 3.63) is 35.5 Å². The number of carbonyl (C=O) groups excluding carboxylic acids is 3. The maximum absolute atomic E-state index is 12.9. The highest BCUT2D eigenvalue weighted by Crippen LogP contribution is 2.65. The van der Waals surface area contributed by atoms with Crippen LogP contribution >= 0.6 is 0 Å². The lowest BCUT2D eigenvalue weighted by molar-refractivity contribution is -0.193. The number of benzene rings is 1. The third kappa shape index (κ3) is 1.86. The summed E-state index contributed by atoms with van der Waals surface area (Å²) in [5.41, 5.74) is 0.0105. The first-order chi connectivity index (χ1) is 13.3. The van der Waals surface area contributed by atoms with E-state index in [1.165, 1.54) is 13.8 Å². The van der Waals surface area contributed by atoms with Gasteiger partial charge in [0.2, 0.25) is 0 Å². The van der Waals surface area contributed by atoms with Crippen molar-refractivity contribution in [2.45, 2.75) is 56.3 Å². The van der Waals surface area contributed by atoms with Crippen LogP contribution in [0.2, 0.25) is 0 Å². The van der Waals surface area contributed by atoms with E-state index in [-0.39, 0.29) is 24.2 Å². The van der Waals surface area contributed by atoms with Gasteiger partial charge in [-0.1, -0.05) is 6.07 Å². The largest absolute Gasteiger partial charge is 0.477 e. The maximum Gasteiger partial charge on any atom is 0.308 e. The number of esters is 2. The maximum atomic E-state index is 12.9. The van der Waals surface area contributed by atoms with Crippen LogP contribution in [0, 0.1) is 0 Å². The van der Waals surface area contributed by atoms with Crippen molar-refractivity contribution in [3.8, 4) is 11.5 Å². The van der Waals surface area contributed by atoms with E-state index in [4.69, 9.17) is 14.2 Å². The molecule has 2 aliphatic heterocycles. The summed E-state index contributed by atoms with van der Waals surface area (Å²) < 4.78 is 17.6. The molecule has 0 unspecified atom stereocenters. The summed E-state index contributed by atoms with van der Waals surface area (Å²) in [6.45, 7) is 2.73. The van der Waals surface area contributed by atoms with Gasteiger partial charge in [0.1, 0.15) is 5.41 Å². The van der Waals surface area contributed by atoms with Gasteiger partial charge in [-0.05, 0) is 36.7 Å². The molecule has 5 rings (SSSR count). The molecule has 2 heterocycles. The second-order valence-electron chi connectivity index (χ2n) is 8.04. The number of carbonyl (C=O) groups is 3. The number of ether oxygens (including phenoxy) is 3. The molecule has 146 valence electrons. The summed E-state index contributed by atoms with van der Waals surface area (Å²) in [5, 5.41) is 0. The third-order valence-corrected chi connectivity index (χ3v) is 6.60. The van der Waals surface area contributed by atoms with E-state index < -0.39 is 23.1 Å². The molecule has 0 radical (unpaired) electrons. The van der Waals surface area contributed by atoms with Crippen LogP contribution in [0.15, 0.2) is 24.4 Å². The molecular formula is C21H21NO6. The summed E-state index contributed by atoms with van der Waals surface area (Å²) in [6.07, 6.45) is 4.42. The smallest absolute Gasteiger partial charge is 0.308 e. The number of ketones is 1. The number of Topliss-reactive ketones (excluding diaryl/α,β-unsaturated/α-hetero) is 1. The molecular weight excluding hydrogens is 362 g/mol. The van der Waals surface area contributed by atoms with E-state index in [9.17, 15) is 14.4 Å². The number of hydrogen-bond acceptors (Lipinski definition) is 7. The summed E-state index contributed by atoms with van der Waals surface area (Å²) in [5.74, 6) is -0.164. The van der Waals surface area contributed by atoms with Crippen molar-refractivity contribution < 1.29 is 28.6 Å². The first-order valence-electron chi connectivity index (χ1n) is 9.45. The molecule has 1 spiro atoms. The lowest BCUT2D eigenvalue weighted by Crippen LogP contribution is -2.74. The highest BCUT2D eigenvalue weighted by Gasteiger charge is 2.74. The summed E-state index contributed by atoms with van der Waals surface area (Å²) >= 11 is 0. The van der Waals surface area contributed by atoms with Gasteiger partial charge in [-0.15, -0.1) is 0 Å². The van der Waals surface area contributed by atoms with Crippen molar-refractivity contribution in [2.24, 2.45) is 0 Å². The average Bonchev–Trinajstić information content (AvgIpc) is 2.97. The second-order valence-corrected chi connectivity index (χ2v) is 8.04. The van der Waals surface area contributed by atoms with Gasteiger partial charge in [-0.2, -0.15) is 0 Å². The average molecular weight is 383 g/mol. The Morgan fingerprint density at radius 2 is 2.04 bits per heavy atom. The van der Waals surface area contributed by atoms with Gasteiger partial charge < -0.3 is 19.1 Å². The molecule has 0 N–H and O–H groups in total. The highest BCUT2D eigenvalue weighted by molar-refractivity contribution is 5.91. The van der Waals surface area contributed by atoms with Gasteiger partial charge in [-0.3, -0.25) is 14.4 Å². The zero-order chi connectivity index (χ0) is 19.8. The first-order valence-corrected chi connectivity index (χ1v) is 9.45. The normalized spacial score (nSPS) is 33.8. The summed E-state index contributed by atoms with van der Waals surface area (Å²) in [6, 6.07) is 3.52. The molecule has 4 atom stereocenters. The fourth-order valence-corrected chi connectivity index (χ4v) is 5.72. The topological polar surface area (TPSA) is 82.1 Å². The highest BCUT2D eigenvalue weighted by atomic mass is 16.6. The SMILES string of the molecule is CC(=O)Oc1ccc2c3c1O[C@H]1C(=O)CC[C@@]4(OC(C)=O)[C@@H](C2)N(C)C=C[C@]314. The van der Waals surface area contributed by atoms with Crippen LogP contribution < -0.4 is 9.47 Å². The predicted molar refractivity (Wildman–Crippen MR) is 97.0 cm³/mol. The molecule has 1 aromatic rings. The third-order valence-electron chi connectivity index (χ3n) is 6.60. The Bertz CT molecular complexity index is 968. The number of rotatable bonds is 2. The zero-order valence-electron chi connectivity index (χ0n) is 16.0. The van der Waals surface area contributed by atoms with Crippen molar-refractivity contribution in [2.75, 3.05) is 7.05 Å².